The molecule has 0 spiro atoms. The van der Waals surface area contributed by atoms with E-state index in [4.69, 9.17) is 16.7 Å². The van der Waals surface area contributed by atoms with E-state index in [0.717, 1.165) is 10.7 Å². The van der Waals surface area contributed by atoms with E-state index in [9.17, 15) is 18.0 Å². The number of aromatic carboxylic acids is 1. The number of carboxylic acids is 1. The van der Waals surface area contributed by atoms with Gasteiger partial charge < -0.3 is 5.11 Å². The lowest BCUT2D eigenvalue weighted by molar-refractivity contribution is -0.0329. The fourth-order valence-electron chi connectivity index (χ4n) is 1.37. The maximum atomic E-state index is 12.3. The number of rotatable bonds is 3. The van der Waals surface area contributed by atoms with Gasteiger partial charge in [-0.1, -0.05) is 11.6 Å². The lowest BCUT2D eigenvalue weighted by atomic mass is 10.4. The van der Waals surface area contributed by atoms with Crippen molar-refractivity contribution >= 4 is 29.3 Å². The van der Waals surface area contributed by atoms with Crippen LogP contribution in [0.15, 0.2) is 29.4 Å². The molecule has 2 aromatic heterocycles. The molecule has 0 aliphatic heterocycles. The third-order valence-electron chi connectivity index (χ3n) is 2.07. The van der Waals surface area contributed by atoms with Crippen molar-refractivity contribution in [1.29, 1.82) is 0 Å². The first kappa shape index (κ1) is 14.7. The quantitative estimate of drug-likeness (QED) is 0.878. The van der Waals surface area contributed by atoms with Crippen LogP contribution in [0, 0.1) is 0 Å². The molecule has 2 rings (SSSR count). The van der Waals surface area contributed by atoms with E-state index in [1.807, 2.05) is 0 Å². The zero-order valence-electron chi connectivity index (χ0n) is 9.43. The van der Waals surface area contributed by atoms with Crippen LogP contribution in [0.3, 0.4) is 0 Å². The maximum absolute atomic E-state index is 12.3. The first-order valence-electron chi connectivity index (χ1n) is 4.98. The topological polar surface area (TPSA) is 68.0 Å². The van der Waals surface area contributed by atoms with Gasteiger partial charge >= 0.3 is 11.5 Å². The number of carbonyl (C=O) groups is 1. The van der Waals surface area contributed by atoms with Crippen LogP contribution in [-0.4, -0.2) is 31.3 Å². The number of alkyl halides is 3. The van der Waals surface area contributed by atoms with Gasteiger partial charge in [-0.15, -0.1) is 0 Å². The molecule has 0 aromatic carbocycles. The molecule has 106 valence electrons. The second kappa shape index (κ2) is 5.33. The SMILES string of the molecule is O=C(O)c1cc(SC(F)(F)F)nn1-c1ncccc1Cl. The molecule has 0 saturated heterocycles. The molecule has 2 aromatic rings. The standard InChI is InChI=1S/C10H5ClF3N3O2S/c11-5-2-1-3-15-8(5)17-6(9(18)19)4-7(16-17)20-10(12,13)14/h1-4H,(H,18,19). The molecule has 1 N–H and O–H groups in total. The van der Waals surface area contributed by atoms with Crippen molar-refractivity contribution in [3.8, 4) is 5.82 Å². The minimum absolute atomic E-state index is 0.0550. The normalized spacial score (nSPS) is 11.6. The molecular formula is C10H5ClF3N3O2S. The zero-order valence-corrected chi connectivity index (χ0v) is 11.0. The van der Waals surface area contributed by atoms with Crippen LogP contribution in [0.1, 0.15) is 10.5 Å². The largest absolute Gasteiger partial charge is 0.477 e. The minimum atomic E-state index is -4.57. The molecule has 0 unspecified atom stereocenters. The van der Waals surface area contributed by atoms with Crippen LogP contribution >= 0.6 is 23.4 Å². The molecule has 2 heterocycles. The highest BCUT2D eigenvalue weighted by molar-refractivity contribution is 8.00. The van der Waals surface area contributed by atoms with Gasteiger partial charge in [0.2, 0.25) is 0 Å². The highest BCUT2D eigenvalue weighted by Crippen LogP contribution is 2.36. The number of hydrogen-bond donors (Lipinski definition) is 1. The van der Waals surface area contributed by atoms with Crippen molar-refractivity contribution in [1.82, 2.24) is 14.8 Å². The Bertz CT molecular complexity index is 659. The lowest BCUT2D eigenvalue weighted by Crippen LogP contribution is -2.09. The van der Waals surface area contributed by atoms with E-state index in [0.29, 0.717) is 0 Å². The maximum Gasteiger partial charge on any atom is 0.447 e. The van der Waals surface area contributed by atoms with Crippen LogP contribution in [-0.2, 0) is 0 Å². The Morgan fingerprint density at radius 3 is 2.70 bits per heavy atom. The summed E-state index contributed by atoms with van der Waals surface area (Å²) in [5.74, 6) is -1.49. The van der Waals surface area contributed by atoms with Gasteiger partial charge in [0.1, 0.15) is 5.03 Å². The summed E-state index contributed by atoms with van der Waals surface area (Å²) < 4.78 is 37.6. The molecule has 0 bridgehead atoms. The van der Waals surface area contributed by atoms with Gasteiger partial charge in [-0.3, -0.25) is 0 Å². The Balaban J connectivity index is 2.52. The summed E-state index contributed by atoms with van der Waals surface area (Å²) in [4.78, 5) is 14.9. The monoisotopic (exact) mass is 323 g/mol. The average Bonchev–Trinajstić information content (AvgIpc) is 2.71. The van der Waals surface area contributed by atoms with E-state index in [1.54, 1.807) is 0 Å². The second-order valence-electron chi connectivity index (χ2n) is 3.44. The first-order valence-corrected chi connectivity index (χ1v) is 6.17. The van der Waals surface area contributed by atoms with Crippen LogP contribution < -0.4 is 0 Å². The van der Waals surface area contributed by atoms with E-state index >= 15 is 0 Å². The van der Waals surface area contributed by atoms with E-state index in [2.05, 4.69) is 10.1 Å². The second-order valence-corrected chi connectivity index (χ2v) is 4.93. The summed E-state index contributed by atoms with van der Waals surface area (Å²) in [6, 6.07) is 3.74. The number of carboxylic acid groups (broad SMARTS) is 1. The predicted octanol–water partition coefficient (Wildman–Crippen LogP) is 3.23. The van der Waals surface area contributed by atoms with Crippen LogP contribution in [0.2, 0.25) is 5.02 Å². The lowest BCUT2D eigenvalue weighted by Gasteiger charge is -2.05. The average molecular weight is 324 g/mol. The number of hydrogen-bond acceptors (Lipinski definition) is 4. The predicted molar refractivity (Wildman–Crippen MR) is 65.2 cm³/mol. The summed E-state index contributed by atoms with van der Waals surface area (Å²) in [5.41, 5.74) is -5.03. The van der Waals surface area contributed by atoms with E-state index in [-0.39, 0.29) is 10.8 Å². The molecule has 0 aliphatic carbocycles. The fourth-order valence-corrected chi connectivity index (χ4v) is 2.11. The summed E-state index contributed by atoms with van der Waals surface area (Å²) in [6.45, 7) is 0. The van der Waals surface area contributed by atoms with Crippen LogP contribution in [0.5, 0.6) is 0 Å². The Labute approximate surface area is 119 Å². The first-order chi connectivity index (χ1) is 9.28. The van der Waals surface area contributed by atoms with E-state index < -0.39 is 34.0 Å². The molecule has 20 heavy (non-hydrogen) atoms. The van der Waals surface area contributed by atoms with Crippen LogP contribution in [0.25, 0.3) is 5.82 Å². The molecular weight excluding hydrogens is 319 g/mol. The fraction of sp³-hybridized carbons (Fsp3) is 0.100. The Morgan fingerprint density at radius 1 is 1.45 bits per heavy atom. The Kier molecular flexibility index (Phi) is 3.91. The number of aromatic nitrogens is 3. The van der Waals surface area contributed by atoms with Gasteiger partial charge in [0.15, 0.2) is 11.5 Å². The van der Waals surface area contributed by atoms with Crippen molar-refractivity contribution in [2.75, 3.05) is 0 Å². The molecule has 5 nitrogen and oxygen atoms in total. The van der Waals surface area contributed by atoms with Gasteiger partial charge in [0, 0.05) is 24.0 Å². The van der Waals surface area contributed by atoms with Crippen molar-refractivity contribution in [2.45, 2.75) is 10.5 Å². The molecule has 0 fully saturated rings. The Hall–Kier alpha value is -1.74. The third kappa shape index (κ3) is 3.23. The smallest absolute Gasteiger partial charge is 0.447 e. The molecule has 0 aliphatic rings. The molecule has 0 saturated carbocycles. The summed E-state index contributed by atoms with van der Waals surface area (Å²) in [5, 5.41) is 12.2. The zero-order chi connectivity index (χ0) is 14.9. The molecule has 0 atom stereocenters. The number of halogens is 4. The molecule has 0 radical (unpaired) electrons. The third-order valence-corrected chi connectivity index (χ3v) is 3.00. The summed E-state index contributed by atoms with van der Waals surface area (Å²) in [7, 11) is 0. The van der Waals surface area contributed by atoms with Crippen molar-refractivity contribution in [3.05, 3.63) is 35.1 Å². The van der Waals surface area contributed by atoms with Crippen LogP contribution in [0.4, 0.5) is 13.2 Å². The summed E-state index contributed by atoms with van der Waals surface area (Å²) >= 11 is 5.32. The van der Waals surface area contributed by atoms with Gasteiger partial charge in [-0.05, 0) is 12.1 Å². The highest BCUT2D eigenvalue weighted by atomic mass is 35.5. The van der Waals surface area contributed by atoms with Crippen molar-refractivity contribution in [3.63, 3.8) is 0 Å². The number of nitrogens with zero attached hydrogens (tertiary/aromatic N) is 3. The summed E-state index contributed by atoms with van der Waals surface area (Å²) in [6.07, 6.45) is 1.32. The number of thioether (sulfide) groups is 1. The van der Waals surface area contributed by atoms with Gasteiger partial charge in [0.05, 0.1) is 5.02 Å². The van der Waals surface area contributed by atoms with Gasteiger partial charge in [-0.25, -0.2) is 14.5 Å². The van der Waals surface area contributed by atoms with Gasteiger partial charge in [0.25, 0.3) is 0 Å². The minimum Gasteiger partial charge on any atom is -0.477 e. The Morgan fingerprint density at radius 2 is 2.15 bits per heavy atom. The van der Waals surface area contributed by atoms with Crippen molar-refractivity contribution in [2.24, 2.45) is 0 Å². The number of pyridine rings is 1. The van der Waals surface area contributed by atoms with Crippen molar-refractivity contribution < 1.29 is 23.1 Å². The van der Waals surface area contributed by atoms with E-state index in [1.165, 1.54) is 18.3 Å². The highest BCUT2D eigenvalue weighted by Gasteiger charge is 2.32. The molecule has 0 amide bonds. The van der Waals surface area contributed by atoms with Gasteiger partial charge in [-0.2, -0.15) is 18.3 Å². The molecule has 10 heteroatoms.